The Labute approximate surface area is 160 Å². The number of amides is 1. The summed E-state index contributed by atoms with van der Waals surface area (Å²) < 4.78 is 20.0. The number of benzene rings is 1. The lowest BCUT2D eigenvalue weighted by Crippen LogP contribution is -2.30. The van der Waals surface area contributed by atoms with Crippen LogP contribution in [0.25, 0.3) is 5.78 Å². The molecule has 0 aliphatic carbocycles. The second kappa shape index (κ2) is 8.12. The molecule has 0 unspecified atom stereocenters. The smallest absolute Gasteiger partial charge is 0.306 e. The molecular formula is C19H20FN5O3. The van der Waals surface area contributed by atoms with E-state index in [1.807, 2.05) is 13.8 Å². The maximum Gasteiger partial charge on any atom is 0.306 e. The van der Waals surface area contributed by atoms with Gasteiger partial charge in [-0.3, -0.25) is 9.59 Å². The average Bonchev–Trinajstić information content (AvgIpc) is 3.10. The van der Waals surface area contributed by atoms with Crippen LogP contribution < -0.4 is 5.32 Å². The van der Waals surface area contributed by atoms with E-state index in [0.717, 1.165) is 17.0 Å². The van der Waals surface area contributed by atoms with Crippen molar-refractivity contribution in [3.05, 3.63) is 53.4 Å². The summed E-state index contributed by atoms with van der Waals surface area (Å²) in [6, 6.07) is 5.49. The number of hydrogen-bond donors (Lipinski definition) is 1. The van der Waals surface area contributed by atoms with Crippen LogP contribution >= 0.6 is 0 Å². The van der Waals surface area contributed by atoms with Gasteiger partial charge in [0.15, 0.2) is 6.10 Å². The van der Waals surface area contributed by atoms with E-state index in [2.05, 4.69) is 20.4 Å². The van der Waals surface area contributed by atoms with Gasteiger partial charge in [0.1, 0.15) is 12.1 Å². The SMILES string of the molecule is Cc1nc2ncnn2c(C)c1CCC(=O)O[C@@H](C)C(=O)Nc1cccc(F)c1. The first-order chi connectivity index (χ1) is 13.3. The van der Waals surface area contributed by atoms with Gasteiger partial charge in [-0.05, 0) is 51.0 Å². The summed E-state index contributed by atoms with van der Waals surface area (Å²) in [4.78, 5) is 32.7. The third-order valence-electron chi connectivity index (χ3n) is 4.34. The van der Waals surface area contributed by atoms with E-state index < -0.39 is 23.8 Å². The standard InChI is InChI=1S/C19H20FN5O3/c1-11-16(12(2)25-19(23-11)21-10-22-25)7-8-17(26)28-13(3)18(27)24-15-6-4-5-14(20)9-15/h4-6,9-10,13H,7-8H2,1-3H3,(H,24,27)/t13-/m0/s1. The van der Waals surface area contributed by atoms with Gasteiger partial charge in [-0.2, -0.15) is 10.1 Å². The zero-order valence-corrected chi connectivity index (χ0v) is 15.8. The summed E-state index contributed by atoms with van der Waals surface area (Å²) in [5, 5.41) is 6.62. The number of carbonyl (C=O) groups excluding carboxylic acids is 2. The first-order valence-electron chi connectivity index (χ1n) is 8.77. The topological polar surface area (TPSA) is 98.5 Å². The minimum atomic E-state index is -1.01. The largest absolute Gasteiger partial charge is 0.453 e. The fourth-order valence-electron chi connectivity index (χ4n) is 2.86. The minimum absolute atomic E-state index is 0.0845. The van der Waals surface area contributed by atoms with Crippen LogP contribution in [-0.2, 0) is 20.7 Å². The molecule has 1 aromatic carbocycles. The van der Waals surface area contributed by atoms with Crippen molar-refractivity contribution in [2.75, 3.05) is 5.32 Å². The predicted molar refractivity (Wildman–Crippen MR) is 99.2 cm³/mol. The normalized spacial score (nSPS) is 12.0. The molecule has 28 heavy (non-hydrogen) atoms. The molecule has 1 atom stereocenters. The number of aryl methyl sites for hydroxylation is 2. The number of hydrogen-bond acceptors (Lipinski definition) is 6. The maximum absolute atomic E-state index is 13.2. The van der Waals surface area contributed by atoms with E-state index in [0.29, 0.717) is 17.9 Å². The summed E-state index contributed by atoms with van der Waals surface area (Å²) in [5.41, 5.74) is 2.80. The Morgan fingerprint density at radius 2 is 2.11 bits per heavy atom. The Kier molecular flexibility index (Phi) is 5.62. The van der Waals surface area contributed by atoms with Crippen molar-refractivity contribution in [1.82, 2.24) is 19.6 Å². The average molecular weight is 385 g/mol. The number of nitrogens with zero attached hydrogens (tertiary/aromatic N) is 4. The fourth-order valence-corrected chi connectivity index (χ4v) is 2.86. The molecule has 0 aliphatic heterocycles. The molecule has 8 nitrogen and oxygen atoms in total. The Morgan fingerprint density at radius 3 is 2.86 bits per heavy atom. The molecule has 146 valence electrons. The second-order valence-electron chi connectivity index (χ2n) is 6.36. The number of anilines is 1. The summed E-state index contributed by atoms with van der Waals surface area (Å²) in [6.45, 7) is 5.19. The molecule has 2 heterocycles. The minimum Gasteiger partial charge on any atom is -0.453 e. The van der Waals surface area contributed by atoms with Crippen molar-refractivity contribution in [3.8, 4) is 0 Å². The Hall–Kier alpha value is -3.36. The van der Waals surface area contributed by atoms with Gasteiger partial charge in [0.05, 0.1) is 0 Å². The third kappa shape index (κ3) is 4.30. The monoisotopic (exact) mass is 385 g/mol. The Balaban J connectivity index is 1.57. The summed E-state index contributed by atoms with van der Waals surface area (Å²) in [5.74, 6) is -1.01. The van der Waals surface area contributed by atoms with Crippen LogP contribution in [0, 0.1) is 19.7 Å². The summed E-state index contributed by atoms with van der Waals surface area (Å²) in [7, 11) is 0. The number of rotatable bonds is 6. The van der Waals surface area contributed by atoms with Gasteiger partial charge in [0, 0.05) is 23.5 Å². The summed E-state index contributed by atoms with van der Waals surface area (Å²) in [6.07, 6.45) is 0.901. The van der Waals surface area contributed by atoms with Gasteiger partial charge < -0.3 is 10.1 Å². The lowest BCUT2D eigenvalue weighted by atomic mass is 10.1. The van der Waals surface area contributed by atoms with E-state index in [1.165, 1.54) is 31.5 Å². The number of halogens is 1. The number of carbonyl (C=O) groups is 2. The highest BCUT2D eigenvalue weighted by atomic mass is 19.1. The van der Waals surface area contributed by atoms with E-state index in [4.69, 9.17) is 4.74 Å². The van der Waals surface area contributed by atoms with Gasteiger partial charge >= 0.3 is 5.97 Å². The quantitative estimate of drug-likeness (QED) is 0.654. The molecule has 0 radical (unpaired) electrons. The summed E-state index contributed by atoms with van der Waals surface area (Å²) >= 11 is 0. The molecule has 3 aromatic rings. The van der Waals surface area contributed by atoms with Crippen molar-refractivity contribution in [3.63, 3.8) is 0 Å². The fraction of sp³-hybridized carbons (Fsp3) is 0.316. The van der Waals surface area contributed by atoms with Crippen LogP contribution in [0.1, 0.15) is 30.3 Å². The van der Waals surface area contributed by atoms with E-state index in [9.17, 15) is 14.0 Å². The predicted octanol–water partition coefficient (Wildman–Crippen LogP) is 2.38. The van der Waals surface area contributed by atoms with Crippen LogP contribution in [-0.4, -0.2) is 37.6 Å². The molecule has 0 bridgehead atoms. The van der Waals surface area contributed by atoms with Crippen molar-refractivity contribution in [2.45, 2.75) is 39.7 Å². The zero-order chi connectivity index (χ0) is 20.3. The third-order valence-corrected chi connectivity index (χ3v) is 4.34. The number of esters is 1. The Morgan fingerprint density at radius 1 is 1.32 bits per heavy atom. The van der Waals surface area contributed by atoms with Crippen molar-refractivity contribution in [2.24, 2.45) is 0 Å². The van der Waals surface area contributed by atoms with E-state index in [-0.39, 0.29) is 6.42 Å². The molecule has 0 saturated carbocycles. The van der Waals surface area contributed by atoms with Crippen molar-refractivity contribution >= 4 is 23.3 Å². The highest BCUT2D eigenvalue weighted by Crippen LogP contribution is 2.16. The number of ether oxygens (including phenoxy) is 1. The first kappa shape index (κ1) is 19.4. The van der Waals surface area contributed by atoms with Gasteiger partial charge in [-0.1, -0.05) is 6.07 Å². The van der Waals surface area contributed by atoms with Gasteiger partial charge in [-0.15, -0.1) is 0 Å². The lowest BCUT2D eigenvalue weighted by molar-refractivity contribution is -0.153. The van der Waals surface area contributed by atoms with Gasteiger partial charge in [-0.25, -0.2) is 13.9 Å². The molecular weight excluding hydrogens is 365 g/mol. The van der Waals surface area contributed by atoms with E-state index in [1.54, 1.807) is 10.6 Å². The number of aromatic nitrogens is 4. The molecule has 9 heteroatoms. The highest BCUT2D eigenvalue weighted by Gasteiger charge is 2.19. The highest BCUT2D eigenvalue weighted by molar-refractivity contribution is 5.95. The maximum atomic E-state index is 13.2. The van der Waals surface area contributed by atoms with Crippen molar-refractivity contribution < 1.29 is 18.7 Å². The molecule has 1 amide bonds. The van der Waals surface area contributed by atoms with E-state index >= 15 is 0 Å². The number of nitrogens with one attached hydrogen (secondary N) is 1. The van der Waals surface area contributed by atoms with Crippen LogP contribution in [0.5, 0.6) is 0 Å². The first-order valence-corrected chi connectivity index (χ1v) is 8.77. The lowest BCUT2D eigenvalue weighted by Gasteiger charge is -2.14. The molecule has 1 N–H and O–H groups in total. The van der Waals surface area contributed by atoms with Crippen molar-refractivity contribution in [1.29, 1.82) is 0 Å². The molecule has 0 aliphatic rings. The Bertz CT molecular complexity index is 1030. The van der Waals surface area contributed by atoms with Crippen LogP contribution in [0.15, 0.2) is 30.6 Å². The molecule has 0 fully saturated rings. The van der Waals surface area contributed by atoms with Crippen LogP contribution in [0.4, 0.5) is 10.1 Å². The number of fused-ring (bicyclic) bond motifs is 1. The van der Waals surface area contributed by atoms with Gasteiger partial charge in [0.2, 0.25) is 0 Å². The second-order valence-corrected chi connectivity index (χ2v) is 6.36. The molecule has 2 aromatic heterocycles. The zero-order valence-electron chi connectivity index (χ0n) is 15.8. The van der Waals surface area contributed by atoms with Crippen LogP contribution in [0.2, 0.25) is 0 Å². The molecule has 0 saturated heterocycles. The molecule has 0 spiro atoms. The van der Waals surface area contributed by atoms with Crippen LogP contribution in [0.3, 0.4) is 0 Å². The van der Waals surface area contributed by atoms with Gasteiger partial charge in [0.25, 0.3) is 11.7 Å². The molecule has 3 rings (SSSR count).